The number of nitrogens with zero attached hydrogens (tertiary/aromatic N) is 2. The summed E-state index contributed by atoms with van der Waals surface area (Å²) in [6.45, 7) is 7.18. The van der Waals surface area contributed by atoms with Crippen molar-refractivity contribution in [1.82, 2.24) is 4.90 Å². The maximum atomic E-state index is 12.4. The van der Waals surface area contributed by atoms with E-state index in [9.17, 15) is 9.59 Å². The summed E-state index contributed by atoms with van der Waals surface area (Å²) in [4.78, 5) is 28.9. The third-order valence-corrected chi connectivity index (χ3v) is 6.32. The fourth-order valence-electron chi connectivity index (χ4n) is 4.08. The molecule has 0 radical (unpaired) electrons. The monoisotopic (exact) mass is 525 g/mol. The standard InChI is InChI=1S/C28H29Cl2N3O3/c1-19(2)15-28(35)33-13-11-32(12-14-33)24-5-3-23(4-6-24)31-27(34)10-8-25-7-9-26(36-25)20-16-21(29)18-22(30)17-20/h3-10,16-19H,11-15H2,1-2H3,(H,31,34)/b10-8+. The molecule has 36 heavy (non-hydrogen) atoms. The second-order valence-corrected chi connectivity index (χ2v) is 10.1. The third-order valence-electron chi connectivity index (χ3n) is 5.89. The Kier molecular flexibility index (Phi) is 8.39. The normalized spacial score (nSPS) is 14.0. The van der Waals surface area contributed by atoms with Crippen molar-refractivity contribution in [3.05, 3.63) is 76.5 Å². The van der Waals surface area contributed by atoms with E-state index in [0.29, 0.717) is 39.6 Å². The minimum absolute atomic E-state index is 0.232. The molecule has 6 nitrogen and oxygen atoms in total. The summed E-state index contributed by atoms with van der Waals surface area (Å²) in [5.41, 5.74) is 2.54. The van der Waals surface area contributed by atoms with Gasteiger partial charge in [-0.1, -0.05) is 37.0 Å². The van der Waals surface area contributed by atoms with Gasteiger partial charge >= 0.3 is 0 Å². The Balaban J connectivity index is 1.29. The second kappa shape index (κ2) is 11.7. The van der Waals surface area contributed by atoms with E-state index in [-0.39, 0.29) is 11.8 Å². The molecule has 1 fully saturated rings. The van der Waals surface area contributed by atoms with Crippen molar-refractivity contribution >= 4 is 52.5 Å². The quantitative estimate of drug-likeness (QED) is 0.353. The first-order chi connectivity index (χ1) is 17.3. The zero-order valence-corrected chi connectivity index (χ0v) is 21.9. The number of anilines is 2. The number of hydrogen-bond donors (Lipinski definition) is 1. The predicted octanol–water partition coefficient (Wildman–Crippen LogP) is 6.60. The van der Waals surface area contributed by atoms with Gasteiger partial charge in [-0.05, 0) is 66.6 Å². The lowest BCUT2D eigenvalue weighted by atomic mass is 10.1. The molecule has 2 amide bonds. The van der Waals surface area contributed by atoms with E-state index in [1.54, 1.807) is 36.4 Å². The Labute approximate surface area is 221 Å². The van der Waals surface area contributed by atoms with Gasteiger partial charge in [0.05, 0.1) is 0 Å². The van der Waals surface area contributed by atoms with Crippen LogP contribution in [0.15, 0.2) is 65.1 Å². The van der Waals surface area contributed by atoms with Crippen LogP contribution in [0.2, 0.25) is 10.0 Å². The van der Waals surface area contributed by atoms with Crippen molar-refractivity contribution in [2.75, 3.05) is 36.4 Å². The van der Waals surface area contributed by atoms with Crippen LogP contribution in [0.1, 0.15) is 26.0 Å². The minimum Gasteiger partial charge on any atom is -0.457 e. The molecule has 0 saturated carbocycles. The zero-order chi connectivity index (χ0) is 25.7. The lowest BCUT2D eigenvalue weighted by Crippen LogP contribution is -2.49. The Morgan fingerprint density at radius 1 is 0.972 bits per heavy atom. The third kappa shape index (κ3) is 6.93. The molecule has 0 spiro atoms. The topological polar surface area (TPSA) is 65.8 Å². The lowest BCUT2D eigenvalue weighted by Gasteiger charge is -2.36. The van der Waals surface area contributed by atoms with Crippen LogP contribution >= 0.6 is 23.2 Å². The zero-order valence-electron chi connectivity index (χ0n) is 20.3. The average Bonchev–Trinajstić information content (AvgIpc) is 3.32. The van der Waals surface area contributed by atoms with E-state index >= 15 is 0 Å². The summed E-state index contributed by atoms with van der Waals surface area (Å²) < 4.78 is 5.79. The Bertz CT molecular complexity index is 1220. The highest BCUT2D eigenvalue weighted by atomic mass is 35.5. The number of carbonyl (C=O) groups is 2. The van der Waals surface area contributed by atoms with Crippen molar-refractivity contribution in [2.45, 2.75) is 20.3 Å². The van der Waals surface area contributed by atoms with Gasteiger partial charge in [0.2, 0.25) is 11.8 Å². The van der Waals surface area contributed by atoms with Gasteiger partial charge in [-0.25, -0.2) is 0 Å². The van der Waals surface area contributed by atoms with Crippen LogP contribution in [-0.4, -0.2) is 42.9 Å². The Morgan fingerprint density at radius 2 is 1.64 bits per heavy atom. The van der Waals surface area contributed by atoms with Crippen LogP contribution < -0.4 is 10.2 Å². The predicted molar refractivity (Wildman–Crippen MR) is 147 cm³/mol. The molecule has 2 aromatic carbocycles. The lowest BCUT2D eigenvalue weighted by molar-refractivity contribution is -0.132. The van der Waals surface area contributed by atoms with Gasteiger partial charge in [-0.3, -0.25) is 9.59 Å². The smallest absolute Gasteiger partial charge is 0.248 e. The van der Waals surface area contributed by atoms with E-state index in [0.717, 1.165) is 37.4 Å². The van der Waals surface area contributed by atoms with Gasteiger partial charge in [0, 0.05) is 65.7 Å². The number of halogens is 2. The van der Waals surface area contributed by atoms with Crippen LogP contribution in [0.3, 0.4) is 0 Å². The Hall–Kier alpha value is -3.22. The summed E-state index contributed by atoms with van der Waals surface area (Å²) in [5, 5.41) is 3.91. The summed E-state index contributed by atoms with van der Waals surface area (Å²) in [5.74, 6) is 1.50. The number of carbonyl (C=O) groups excluding carboxylic acids is 2. The SMILES string of the molecule is CC(C)CC(=O)N1CCN(c2ccc(NC(=O)/C=C/c3ccc(-c4cc(Cl)cc(Cl)c4)o3)cc2)CC1. The number of rotatable bonds is 7. The van der Waals surface area contributed by atoms with Crippen LogP contribution in [0.4, 0.5) is 11.4 Å². The number of amides is 2. The largest absolute Gasteiger partial charge is 0.457 e. The number of piperazine rings is 1. The molecule has 2 heterocycles. The summed E-state index contributed by atoms with van der Waals surface area (Å²) in [6, 6.07) is 16.5. The van der Waals surface area contributed by atoms with Crippen molar-refractivity contribution in [3.8, 4) is 11.3 Å². The molecule has 0 aliphatic carbocycles. The van der Waals surface area contributed by atoms with E-state index in [2.05, 4.69) is 24.1 Å². The van der Waals surface area contributed by atoms with Gasteiger partial charge in [0.15, 0.2) is 0 Å². The number of hydrogen-bond acceptors (Lipinski definition) is 4. The number of furan rings is 1. The van der Waals surface area contributed by atoms with Crippen LogP contribution in [0, 0.1) is 5.92 Å². The Morgan fingerprint density at radius 3 is 2.28 bits per heavy atom. The second-order valence-electron chi connectivity index (χ2n) is 9.20. The van der Waals surface area contributed by atoms with Crippen LogP contribution in [0.5, 0.6) is 0 Å². The maximum absolute atomic E-state index is 12.4. The molecule has 1 aliphatic heterocycles. The average molecular weight is 526 g/mol. The van der Waals surface area contributed by atoms with E-state index in [1.807, 2.05) is 29.2 Å². The fraction of sp³-hybridized carbons (Fsp3) is 0.286. The molecule has 0 bridgehead atoms. The molecule has 3 aromatic rings. The first kappa shape index (κ1) is 25.9. The maximum Gasteiger partial charge on any atom is 0.248 e. The molecular weight excluding hydrogens is 497 g/mol. The summed E-state index contributed by atoms with van der Waals surface area (Å²) >= 11 is 12.1. The van der Waals surface area contributed by atoms with Crippen molar-refractivity contribution in [2.24, 2.45) is 5.92 Å². The molecule has 0 atom stereocenters. The molecule has 0 unspecified atom stereocenters. The fourth-order valence-corrected chi connectivity index (χ4v) is 4.61. The van der Waals surface area contributed by atoms with E-state index < -0.39 is 0 Å². The van der Waals surface area contributed by atoms with Gasteiger partial charge in [0.25, 0.3) is 0 Å². The highest BCUT2D eigenvalue weighted by molar-refractivity contribution is 6.35. The van der Waals surface area contributed by atoms with E-state index in [1.165, 1.54) is 6.08 Å². The molecule has 1 N–H and O–H groups in total. The van der Waals surface area contributed by atoms with Gasteiger partial charge in [0.1, 0.15) is 11.5 Å². The van der Waals surface area contributed by atoms with Crippen molar-refractivity contribution in [1.29, 1.82) is 0 Å². The highest BCUT2D eigenvalue weighted by Crippen LogP contribution is 2.29. The van der Waals surface area contributed by atoms with E-state index in [4.69, 9.17) is 27.6 Å². The number of nitrogens with one attached hydrogen (secondary N) is 1. The van der Waals surface area contributed by atoms with Crippen molar-refractivity contribution in [3.63, 3.8) is 0 Å². The minimum atomic E-state index is -0.260. The van der Waals surface area contributed by atoms with Crippen LogP contribution in [-0.2, 0) is 9.59 Å². The molecule has 1 aromatic heterocycles. The highest BCUT2D eigenvalue weighted by Gasteiger charge is 2.21. The van der Waals surface area contributed by atoms with Gasteiger partial charge < -0.3 is 19.5 Å². The van der Waals surface area contributed by atoms with Gasteiger partial charge in [-0.2, -0.15) is 0 Å². The summed E-state index contributed by atoms with van der Waals surface area (Å²) in [7, 11) is 0. The molecule has 188 valence electrons. The first-order valence-electron chi connectivity index (χ1n) is 11.9. The van der Waals surface area contributed by atoms with Gasteiger partial charge in [-0.15, -0.1) is 0 Å². The summed E-state index contributed by atoms with van der Waals surface area (Å²) in [6.07, 6.45) is 3.63. The molecule has 8 heteroatoms. The first-order valence-corrected chi connectivity index (χ1v) is 12.7. The number of benzene rings is 2. The molecular formula is C28H29Cl2N3O3. The molecule has 1 aliphatic rings. The van der Waals surface area contributed by atoms with Crippen LogP contribution in [0.25, 0.3) is 17.4 Å². The van der Waals surface area contributed by atoms with Crippen molar-refractivity contribution < 1.29 is 14.0 Å². The molecule has 1 saturated heterocycles. The molecule has 4 rings (SSSR count).